The van der Waals surface area contributed by atoms with Gasteiger partial charge >= 0.3 is 5.97 Å². The van der Waals surface area contributed by atoms with Gasteiger partial charge in [0.05, 0.1) is 23.8 Å². The monoisotopic (exact) mass is 320 g/mol. The van der Waals surface area contributed by atoms with Gasteiger partial charge in [0.2, 0.25) is 0 Å². The van der Waals surface area contributed by atoms with Gasteiger partial charge in [0.15, 0.2) is 11.5 Å². The zero-order valence-corrected chi connectivity index (χ0v) is 11.2. The minimum atomic E-state index is -1.18. The molecular formula is C11H10BrFO5. The molecule has 0 atom stereocenters. The number of Topliss-reactive ketones (excluding diaryl/α,β-unsaturated/α-hetero) is 1. The van der Waals surface area contributed by atoms with Crippen LogP contribution in [0.4, 0.5) is 4.39 Å². The van der Waals surface area contributed by atoms with E-state index in [-0.39, 0.29) is 16.8 Å². The highest BCUT2D eigenvalue weighted by molar-refractivity contribution is 9.10. The van der Waals surface area contributed by atoms with E-state index in [2.05, 4.69) is 20.7 Å². The number of benzene rings is 1. The van der Waals surface area contributed by atoms with Crippen LogP contribution in [0.15, 0.2) is 10.5 Å². The van der Waals surface area contributed by atoms with Crippen LogP contribution in [0, 0.1) is 5.82 Å². The van der Waals surface area contributed by atoms with Crippen molar-refractivity contribution in [2.45, 2.75) is 6.92 Å². The molecule has 0 saturated heterocycles. The molecule has 1 rings (SSSR count). The maximum absolute atomic E-state index is 13.5. The Bertz CT molecular complexity index is 501. The molecule has 0 spiro atoms. The Morgan fingerprint density at radius 3 is 2.61 bits per heavy atom. The molecule has 0 saturated carbocycles. The third-order valence-corrected chi connectivity index (χ3v) is 2.84. The molecular weight excluding hydrogens is 311 g/mol. The minimum absolute atomic E-state index is 0.00456. The standard InChI is InChI=1S/C11H10BrFO5/c1-3-18-11(16)10(15)7-8(12)5(13)4-6(17-2)9(7)14/h4,14H,3H2,1-2H3. The Morgan fingerprint density at radius 1 is 1.50 bits per heavy atom. The van der Waals surface area contributed by atoms with Crippen molar-refractivity contribution in [1.82, 2.24) is 0 Å². The average Bonchev–Trinajstić information content (AvgIpc) is 2.34. The lowest BCUT2D eigenvalue weighted by Crippen LogP contribution is -2.18. The summed E-state index contributed by atoms with van der Waals surface area (Å²) in [4.78, 5) is 23.0. The SMILES string of the molecule is CCOC(=O)C(=O)c1c(O)c(OC)cc(F)c1Br. The predicted octanol–water partition coefficient (Wildman–Crippen LogP) is 2.05. The zero-order chi connectivity index (χ0) is 13.9. The number of phenols is 1. The van der Waals surface area contributed by atoms with Crippen molar-refractivity contribution in [3.63, 3.8) is 0 Å². The molecule has 5 nitrogen and oxygen atoms in total. The van der Waals surface area contributed by atoms with Crippen LogP contribution in [0.3, 0.4) is 0 Å². The van der Waals surface area contributed by atoms with Gasteiger partial charge in [-0.25, -0.2) is 9.18 Å². The highest BCUT2D eigenvalue weighted by Crippen LogP contribution is 2.37. The molecule has 0 fully saturated rings. The summed E-state index contributed by atoms with van der Waals surface area (Å²) >= 11 is 2.80. The van der Waals surface area contributed by atoms with Crippen molar-refractivity contribution < 1.29 is 28.6 Å². The van der Waals surface area contributed by atoms with Crippen LogP contribution >= 0.6 is 15.9 Å². The van der Waals surface area contributed by atoms with Gasteiger partial charge in [-0.1, -0.05) is 0 Å². The number of ketones is 1. The lowest BCUT2D eigenvalue weighted by molar-refractivity contribution is -0.137. The van der Waals surface area contributed by atoms with Crippen molar-refractivity contribution in [2.24, 2.45) is 0 Å². The zero-order valence-electron chi connectivity index (χ0n) is 9.62. The lowest BCUT2D eigenvalue weighted by atomic mass is 10.1. The van der Waals surface area contributed by atoms with Crippen molar-refractivity contribution in [1.29, 1.82) is 0 Å². The van der Waals surface area contributed by atoms with Gasteiger partial charge in [-0.3, -0.25) is 4.79 Å². The Labute approximate surface area is 111 Å². The Balaban J connectivity index is 3.35. The number of carbonyl (C=O) groups is 2. The number of halogens is 2. The molecule has 18 heavy (non-hydrogen) atoms. The molecule has 0 aliphatic heterocycles. The van der Waals surface area contributed by atoms with Crippen molar-refractivity contribution in [3.8, 4) is 11.5 Å². The average molecular weight is 321 g/mol. The highest BCUT2D eigenvalue weighted by Gasteiger charge is 2.28. The summed E-state index contributed by atoms with van der Waals surface area (Å²) in [6, 6.07) is 0.890. The second kappa shape index (κ2) is 5.81. The number of rotatable bonds is 4. The van der Waals surface area contributed by atoms with Gasteiger partial charge in [0.25, 0.3) is 5.78 Å². The van der Waals surface area contributed by atoms with Gasteiger partial charge in [-0.2, -0.15) is 0 Å². The number of ether oxygens (including phenoxy) is 2. The molecule has 98 valence electrons. The summed E-state index contributed by atoms with van der Waals surface area (Å²) in [5.74, 6) is -4.04. The molecule has 1 aromatic rings. The topological polar surface area (TPSA) is 72.8 Å². The fourth-order valence-electron chi connectivity index (χ4n) is 1.25. The maximum Gasteiger partial charge on any atom is 0.379 e. The lowest BCUT2D eigenvalue weighted by Gasteiger charge is -2.10. The number of carbonyl (C=O) groups excluding carboxylic acids is 2. The Kier molecular flexibility index (Phi) is 4.66. The number of aromatic hydroxyl groups is 1. The van der Waals surface area contributed by atoms with Gasteiger partial charge in [-0.15, -0.1) is 0 Å². The van der Waals surface area contributed by atoms with E-state index in [1.807, 2.05) is 0 Å². The highest BCUT2D eigenvalue weighted by atomic mass is 79.9. The van der Waals surface area contributed by atoms with Crippen molar-refractivity contribution in [2.75, 3.05) is 13.7 Å². The van der Waals surface area contributed by atoms with Crippen molar-refractivity contribution in [3.05, 3.63) is 21.9 Å². The van der Waals surface area contributed by atoms with Crippen LogP contribution in [0.1, 0.15) is 17.3 Å². The van der Waals surface area contributed by atoms with E-state index < -0.39 is 28.9 Å². The first-order chi connectivity index (χ1) is 8.43. The van der Waals surface area contributed by atoms with Crippen LogP contribution in [-0.4, -0.2) is 30.6 Å². The number of hydrogen-bond donors (Lipinski definition) is 1. The number of phenolic OH excluding ortho intramolecular Hbond substituents is 1. The molecule has 0 aromatic heterocycles. The molecule has 0 unspecified atom stereocenters. The van der Waals surface area contributed by atoms with Gasteiger partial charge in [0.1, 0.15) is 5.82 Å². The summed E-state index contributed by atoms with van der Waals surface area (Å²) in [5, 5.41) is 9.73. The van der Waals surface area contributed by atoms with Crippen LogP contribution < -0.4 is 4.74 Å². The molecule has 1 aromatic carbocycles. The number of methoxy groups -OCH3 is 1. The van der Waals surface area contributed by atoms with Gasteiger partial charge in [-0.05, 0) is 22.9 Å². The van der Waals surface area contributed by atoms with Gasteiger partial charge in [0, 0.05) is 6.07 Å². The summed E-state index contributed by atoms with van der Waals surface area (Å²) in [6.07, 6.45) is 0. The van der Waals surface area contributed by atoms with E-state index in [1.54, 1.807) is 0 Å². The molecule has 0 aliphatic rings. The molecule has 0 bridgehead atoms. The van der Waals surface area contributed by atoms with Crippen LogP contribution in [-0.2, 0) is 9.53 Å². The first-order valence-electron chi connectivity index (χ1n) is 4.90. The smallest absolute Gasteiger partial charge is 0.379 e. The molecule has 0 amide bonds. The summed E-state index contributed by atoms with van der Waals surface area (Å²) in [7, 11) is 1.20. The van der Waals surface area contributed by atoms with E-state index in [9.17, 15) is 19.1 Å². The second-order valence-corrected chi connectivity index (χ2v) is 3.94. The summed E-state index contributed by atoms with van der Waals surface area (Å²) in [5.41, 5.74) is -0.523. The first-order valence-corrected chi connectivity index (χ1v) is 5.69. The van der Waals surface area contributed by atoms with E-state index in [0.29, 0.717) is 0 Å². The first kappa shape index (κ1) is 14.4. The normalized spacial score (nSPS) is 10.0. The van der Waals surface area contributed by atoms with E-state index in [0.717, 1.165) is 6.07 Å². The molecule has 1 N–H and O–H groups in total. The largest absolute Gasteiger partial charge is 0.504 e. The molecule has 0 heterocycles. The molecule has 0 radical (unpaired) electrons. The second-order valence-electron chi connectivity index (χ2n) is 3.15. The van der Waals surface area contributed by atoms with Gasteiger partial charge < -0.3 is 14.6 Å². The van der Waals surface area contributed by atoms with Crippen LogP contribution in [0.25, 0.3) is 0 Å². The molecule has 0 aliphatic carbocycles. The minimum Gasteiger partial charge on any atom is -0.504 e. The maximum atomic E-state index is 13.5. The van der Waals surface area contributed by atoms with E-state index in [1.165, 1.54) is 14.0 Å². The predicted molar refractivity (Wildman–Crippen MR) is 63.3 cm³/mol. The summed E-state index contributed by atoms with van der Waals surface area (Å²) in [6.45, 7) is 1.52. The van der Waals surface area contributed by atoms with E-state index in [4.69, 9.17) is 4.74 Å². The van der Waals surface area contributed by atoms with E-state index >= 15 is 0 Å². The fourth-order valence-corrected chi connectivity index (χ4v) is 1.74. The van der Waals surface area contributed by atoms with Crippen LogP contribution in [0.5, 0.6) is 11.5 Å². The van der Waals surface area contributed by atoms with Crippen LogP contribution in [0.2, 0.25) is 0 Å². The third-order valence-electron chi connectivity index (χ3n) is 2.06. The van der Waals surface area contributed by atoms with Crippen molar-refractivity contribution >= 4 is 27.7 Å². The summed E-state index contributed by atoms with van der Waals surface area (Å²) < 4.78 is 22.3. The fraction of sp³-hybridized carbons (Fsp3) is 0.273. The number of esters is 1. The quantitative estimate of drug-likeness (QED) is 0.522. The Hall–Kier alpha value is -1.63. The molecule has 7 heteroatoms. The third kappa shape index (κ3) is 2.61. The Morgan fingerprint density at radius 2 is 2.11 bits per heavy atom. The number of hydrogen-bond acceptors (Lipinski definition) is 5.